The van der Waals surface area contributed by atoms with Gasteiger partial charge in [0.1, 0.15) is 18.0 Å². The van der Waals surface area contributed by atoms with Gasteiger partial charge in [-0.25, -0.2) is 0 Å². The highest BCUT2D eigenvalue weighted by Gasteiger charge is 2.12. The molecule has 5 nitrogen and oxygen atoms in total. The number of anilines is 1. The summed E-state index contributed by atoms with van der Waals surface area (Å²) in [4.78, 5) is 10.3. The van der Waals surface area contributed by atoms with E-state index in [1.165, 1.54) is 12.1 Å². The van der Waals surface area contributed by atoms with Crippen LogP contribution in [0.1, 0.15) is 18.1 Å². The Hall–Kier alpha value is -2.27. The lowest BCUT2D eigenvalue weighted by atomic mass is 10.1. The van der Waals surface area contributed by atoms with Crippen LogP contribution in [-0.4, -0.2) is 4.92 Å². The van der Waals surface area contributed by atoms with E-state index in [0.717, 1.165) is 12.0 Å². The molecule has 0 aromatic heterocycles. The molecule has 0 unspecified atom stereocenters. The summed E-state index contributed by atoms with van der Waals surface area (Å²) in [6, 6.07) is 10.1. The molecule has 0 radical (unpaired) electrons. The summed E-state index contributed by atoms with van der Waals surface area (Å²) in [5, 5.41) is 11.5. The van der Waals surface area contributed by atoms with E-state index in [0.29, 0.717) is 16.3 Å². The second-order valence-corrected chi connectivity index (χ2v) is 4.95. The first kappa shape index (κ1) is 15.1. The fourth-order valence-electron chi connectivity index (χ4n) is 1.92. The van der Waals surface area contributed by atoms with Gasteiger partial charge in [-0.1, -0.05) is 24.6 Å². The topological polar surface area (TPSA) is 78.4 Å². The monoisotopic (exact) mass is 306 g/mol. The SMILES string of the molecule is CCc1cc(OCc2ccc(N)c([N+](=O)[O-])c2)ccc1Cl. The van der Waals surface area contributed by atoms with E-state index in [1.807, 2.05) is 13.0 Å². The van der Waals surface area contributed by atoms with Crippen molar-refractivity contribution in [1.29, 1.82) is 0 Å². The van der Waals surface area contributed by atoms with Crippen LogP contribution < -0.4 is 10.5 Å². The summed E-state index contributed by atoms with van der Waals surface area (Å²) in [7, 11) is 0. The van der Waals surface area contributed by atoms with Crippen LogP contribution in [0.15, 0.2) is 36.4 Å². The predicted octanol–water partition coefficient (Wildman–Crippen LogP) is 3.97. The van der Waals surface area contributed by atoms with Crippen molar-refractivity contribution in [1.82, 2.24) is 0 Å². The van der Waals surface area contributed by atoms with E-state index in [4.69, 9.17) is 22.1 Å². The van der Waals surface area contributed by atoms with Crippen LogP contribution in [0.5, 0.6) is 5.75 Å². The Morgan fingerprint density at radius 2 is 2.05 bits per heavy atom. The minimum Gasteiger partial charge on any atom is -0.489 e. The number of halogens is 1. The highest BCUT2D eigenvalue weighted by molar-refractivity contribution is 6.31. The number of nitro groups is 1. The number of benzene rings is 2. The third-order valence-corrected chi connectivity index (χ3v) is 3.46. The molecule has 0 heterocycles. The van der Waals surface area contributed by atoms with E-state index in [1.54, 1.807) is 18.2 Å². The van der Waals surface area contributed by atoms with Crippen molar-refractivity contribution >= 4 is 23.0 Å². The van der Waals surface area contributed by atoms with Crippen molar-refractivity contribution < 1.29 is 9.66 Å². The summed E-state index contributed by atoms with van der Waals surface area (Å²) in [6.07, 6.45) is 0.809. The fraction of sp³-hybridized carbons (Fsp3) is 0.200. The molecule has 0 saturated carbocycles. The third kappa shape index (κ3) is 3.64. The predicted molar refractivity (Wildman–Crippen MR) is 82.7 cm³/mol. The average molecular weight is 307 g/mol. The second kappa shape index (κ2) is 6.45. The number of hydrogen-bond acceptors (Lipinski definition) is 4. The molecule has 6 heteroatoms. The third-order valence-electron chi connectivity index (χ3n) is 3.10. The standard InChI is InChI=1S/C15H15ClN2O3/c1-2-11-8-12(4-5-13(11)16)21-9-10-3-6-14(17)15(7-10)18(19)20/h3-8H,2,9,17H2,1H3. The number of hydrogen-bond donors (Lipinski definition) is 1. The zero-order chi connectivity index (χ0) is 15.4. The summed E-state index contributed by atoms with van der Waals surface area (Å²) in [5.74, 6) is 0.677. The van der Waals surface area contributed by atoms with Gasteiger partial charge in [-0.05, 0) is 41.8 Å². The highest BCUT2D eigenvalue weighted by atomic mass is 35.5. The number of nitrogens with two attached hydrogens (primary N) is 1. The van der Waals surface area contributed by atoms with Gasteiger partial charge in [0.05, 0.1) is 4.92 Å². The molecular weight excluding hydrogens is 292 g/mol. The van der Waals surface area contributed by atoms with Gasteiger partial charge in [-0.3, -0.25) is 10.1 Å². The molecule has 0 spiro atoms. The maximum Gasteiger partial charge on any atom is 0.292 e. The Morgan fingerprint density at radius 1 is 1.29 bits per heavy atom. The molecule has 0 aliphatic rings. The normalized spacial score (nSPS) is 10.4. The number of nitrogens with zero attached hydrogens (tertiary/aromatic N) is 1. The molecule has 0 aliphatic carbocycles. The van der Waals surface area contributed by atoms with E-state index in [-0.39, 0.29) is 18.0 Å². The van der Waals surface area contributed by atoms with Crippen molar-refractivity contribution in [2.75, 3.05) is 5.73 Å². The molecule has 0 amide bonds. The van der Waals surface area contributed by atoms with Gasteiger partial charge in [0.15, 0.2) is 0 Å². The Balaban J connectivity index is 2.13. The maximum absolute atomic E-state index is 10.8. The number of ether oxygens (including phenoxy) is 1. The van der Waals surface area contributed by atoms with Gasteiger partial charge in [0, 0.05) is 11.1 Å². The molecule has 0 atom stereocenters. The maximum atomic E-state index is 10.8. The number of aryl methyl sites for hydroxylation is 1. The van der Waals surface area contributed by atoms with Crippen molar-refractivity contribution in [3.05, 3.63) is 62.7 Å². The fourth-order valence-corrected chi connectivity index (χ4v) is 2.17. The van der Waals surface area contributed by atoms with E-state index in [9.17, 15) is 10.1 Å². The average Bonchev–Trinajstić information content (AvgIpc) is 2.47. The van der Waals surface area contributed by atoms with E-state index < -0.39 is 4.92 Å². The first-order valence-electron chi connectivity index (χ1n) is 6.45. The van der Waals surface area contributed by atoms with E-state index >= 15 is 0 Å². The van der Waals surface area contributed by atoms with Gasteiger partial charge in [-0.2, -0.15) is 0 Å². The smallest absolute Gasteiger partial charge is 0.292 e. The Morgan fingerprint density at radius 3 is 2.71 bits per heavy atom. The first-order valence-corrected chi connectivity index (χ1v) is 6.83. The molecule has 110 valence electrons. The lowest BCUT2D eigenvalue weighted by Crippen LogP contribution is -2.00. The summed E-state index contributed by atoms with van der Waals surface area (Å²) in [6.45, 7) is 2.24. The van der Waals surface area contributed by atoms with Gasteiger partial charge in [0.2, 0.25) is 0 Å². The molecule has 2 aromatic rings. The minimum absolute atomic E-state index is 0.110. The van der Waals surface area contributed by atoms with Crippen LogP contribution in [-0.2, 0) is 13.0 Å². The molecule has 0 fully saturated rings. The zero-order valence-electron chi connectivity index (χ0n) is 11.5. The van der Waals surface area contributed by atoms with Gasteiger partial charge in [-0.15, -0.1) is 0 Å². The van der Waals surface area contributed by atoms with Crippen molar-refractivity contribution in [3.8, 4) is 5.75 Å². The van der Waals surface area contributed by atoms with Crippen molar-refractivity contribution in [2.24, 2.45) is 0 Å². The molecule has 2 N–H and O–H groups in total. The molecule has 21 heavy (non-hydrogen) atoms. The quantitative estimate of drug-likeness (QED) is 0.515. The second-order valence-electron chi connectivity index (χ2n) is 4.55. The molecular formula is C15H15ClN2O3. The lowest BCUT2D eigenvalue weighted by Gasteiger charge is -2.09. The van der Waals surface area contributed by atoms with Gasteiger partial charge in [0.25, 0.3) is 5.69 Å². The Bertz CT molecular complexity index is 674. The minimum atomic E-state index is -0.504. The molecule has 2 rings (SSSR count). The Labute approximate surface area is 127 Å². The molecule has 0 saturated heterocycles. The number of nitrogen functional groups attached to an aromatic ring is 1. The van der Waals surface area contributed by atoms with Crippen LogP contribution in [0.4, 0.5) is 11.4 Å². The molecule has 0 bridgehead atoms. The van der Waals surface area contributed by atoms with Crippen LogP contribution in [0.25, 0.3) is 0 Å². The van der Waals surface area contributed by atoms with Crippen LogP contribution in [0, 0.1) is 10.1 Å². The van der Waals surface area contributed by atoms with Gasteiger partial charge >= 0.3 is 0 Å². The van der Waals surface area contributed by atoms with Crippen LogP contribution in [0.2, 0.25) is 5.02 Å². The largest absolute Gasteiger partial charge is 0.489 e. The van der Waals surface area contributed by atoms with Gasteiger partial charge < -0.3 is 10.5 Å². The summed E-state index contributed by atoms with van der Waals surface area (Å²) < 4.78 is 5.64. The highest BCUT2D eigenvalue weighted by Crippen LogP contribution is 2.25. The first-order chi connectivity index (χ1) is 10.0. The molecule has 2 aromatic carbocycles. The zero-order valence-corrected chi connectivity index (χ0v) is 12.3. The summed E-state index contributed by atoms with van der Waals surface area (Å²) in [5.41, 5.74) is 7.27. The lowest BCUT2D eigenvalue weighted by molar-refractivity contribution is -0.384. The van der Waals surface area contributed by atoms with Crippen LogP contribution >= 0.6 is 11.6 Å². The molecule has 0 aliphatic heterocycles. The number of rotatable bonds is 5. The Kier molecular flexibility index (Phi) is 4.65. The van der Waals surface area contributed by atoms with E-state index in [2.05, 4.69) is 0 Å². The van der Waals surface area contributed by atoms with Crippen molar-refractivity contribution in [3.63, 3.8) is 0 Å². The number of nitro benzene ring substituents is 1. The summed E-state index contributed by atoms with van der Waals surface area (Å²) >= 11 is 6.04. The van der Waals surface area contributed by atoms with Crippen LogP contribution in [0.3, 0.4) is 0 Å². The van der Waals surface area contributed by atoms with Crippen molar-refractivity contribution in [2.45, 2.75) is 20.0 Å².